The Kier molecular flexibility index (Phi) is 5.41. The van der Waals surface area contributed by atoms with Crippen LogP contribution in [0.4, 0.5) is 0 Å². The van der Waals surface area contributed by atoms with E-state index in [4.69, 9.17) is 9.47 Å². The lowest BCUT2D eigenvalue weighted by Crippen LogP contribution is -2.22. The van der Waals surface area contributed by atoms with Crippen LogP contribution in [0.2, 0.25) is 0 Å². The Balaban J connectivity index is 2.04. The lowest BCUT2D eigenvalue weighted by Gasteiger charge is -2.16. The fourth-order valence-corrected chi connectivity index (χ4v) is 3.50. The molecule has 24 heavy (non-hydrogen) atoms. The predicted molar refractivity (Wildman–Crippen MR) is 98.3 cm³/mol. The molecule has 0 aromatic heterocycles. The number of hydrogen-bond donors (Lipinski definition) is 0. The minimum Gasteiger partial charge on any atom is -0.493 e. The second-order valence-electron chi connectivity index (χ2n) is 6.58. The number of nitrogens with zero attached hydrogens (tertiary/aromatic N) is 1. The van der Waals surface area contributed by atoms with E-state index in [0.717, 1.165) is 50.3 Å². The maximum absolute atomic E-state index is 5.53. The van der Waals surface area contributed by atoms with Gasteiger partial charge in [0.25, 0.3) is 0 Å². The second kappa shape index (κ2) is 7.71. The fraction of sp³-hybridized carbons (Fsp3) is 0.429. The summed E-state index contributed by atoms with van der Waals surface area (Å²) in [5.41, 5.74) is 5.59. The highest BCUT2D eigenvalue weighted by Gasteiger charge is 2.15. The molecule has 0 bridgehead atoms. The van der Waals surface area contributed by atoms with Gasteiger partial charge in [-0.15, -0.1) is 0 Å². The SMILES string of the molecule is COc1cc2c(cc1OC)Cc1ccccc1CCN(C)CCC2. The molecule has 0 N–H and O–H groups in total. The molecule has 0 saturated carbocycles. The predicted octanol–water partition coefficient (Wildman–Crippen LogP) is 3.72. The Morgan fingerprint density at radius 1 is 0.792 bits per heavy atom. The van der Waals surface area contributed by atoms with Gasteiger partial charge in [-0.1, -0.05) is 24.3 Å². The summed E-state index contributed by atoms with van der Waals surface area (Å²) in [6.45, 7) is 2.23. The molecule has 0 fully saturated rings. The van der Waals surface area contributed by atoms with E-state index < -0.39 is 0 Å². The summed E-state index contributed by atoms with van der Waals surface area (Å²) in [4.78, 5) is 2.43. The van der Waals surface area contributed by atoms with Crippen molar-refractivity contribution in [1.82, 2.24) is 4.90 Å². The highest BCUT2D eigenvalue weighted by Crippen LogP contribution is 2.33. The summed E-state index contributed by atoms with van der Waals surface area (Å²) < 4.78 is 11.0. The van der Waals surface area contributed by atoms with E-state index in [0.29, 0.717) is 0 Å². The third-order valence-electron chi connectivity index (χ3n) is 4.95. The second-order valence-corrected chi connectivity index (χ2v) is 6.58. The Labute approximate surface area is 145 Å². The van der Waals surface area contributed by atoms with Gasteiger partial charge in [0.15, 0.2) is 11.5 Å². The summed E-state index contributed by atoms with van der Waals surface area (Å²) >= 11 is 0. The number of rotatable bonds is 2. The van der Waals surface area contributed by atoms with Crippen LogP contribution in [-0.2, 0) is 19.3 Å². The van der Waals surface area contributed by atoms with Gasteiger partial charge in [-0.3, -0.25) is 0 Å². The van der Waals surface area contributed by atoms with Crippen LogP contribution in [0.1, 0.15) is 28.7 Å². The molecule has 0 amide bonds. The first-order valence-corrected chi connectivity index (χ1v) is 8.70. The molecule has 1 aliphatic rings. The molecule has 128 valence electrons. The number of aryl methyl sites for hydroxylation is 1. The smallest absolute Gasteiger partial charge is 0.161 e. The standard InChI is InChI=1S/C21H27NO2/c1-22-11-6-9-18-14-20(23-2)21(24-3)15-19(18)13-17-8-5-4-7-16(17)10-12-22/h4-5,7-8,14-15H,6,9-13H2,1-3H3. The first kappa shape index (κ1) is 16.8. The highest BCUT2D eigenvalue weighted by atomic mass is 16.5. The van der Waals surface area contributed by atoms with Crippen molar-refractivity contribution in [3.63, 3.8) is 0 Å². The highest BCUT2D eigenvalue weighted by molar-refractivity contribution is 5.49. The average molecular weight is 325 g/mol. The van der Waals surface area contributed by atoms with Crippen LogP contribution < -0.4 is 9.47 Å². The lowest BCUT2D eigenvalue weighted by atomic mass is 9.93. The minimum absolute atomic E-state index is 0.820. The van der Waals surface area contributed by atoms with E-state index in [1.165, 1.54) is 22.3 Å². The zero-order valence-corrected chi connectivity index (χ0v) is 15.0. The van der Waals surface area contributed by atoms with Crippen molar-refractivity contribution < 1.29 is 9.47 Å². The van der Waals surface area contributed by atoms with Crippen molar-refractivity contribution in [1.29, 1.82) is 0 Å². The van der Waals surface area contributed by atoms with Crippen LogP contribution in [0.3, 0.4) is 0 Å². The van der Waals surface area contributed by atoms with Crippen LogP contribution in [0.15, 0.2) is 36.4 Å². The molecule has 0 radical (unpaired) electrons. The van der Waals surface area contributed by atoms with Gasteiger partial charge in [0, 0.05) is 6.54 Å². The first-order valence-electron chi connectivity index (χ1n) is 8.70. The molecule has 2 aromatic carbocycles. The quantitative estimate of drug-likeness (QED) is 0.840. The third kappa shape index (κ3) is 3.73. The molecule has 2 aromatic rings. The van der Waals surface area contributed by atoms with Crippen LogP contribution in [-0.4, -0.2) is 39.3 Å². The Bertz CT molecular complexity index is 696. The maximum atomic E-state index is 5.53. The number of likely N-dealkylation sites (N-methyl/N-ethyl adjacent to an activating group) is 1. The van der Waals surface area contributed by atoms with Gasteiger partial charge < -0.3 is 14.4 Å². The van der Waals surface area contributed by atoms with Crippen LogP contribution in [0, 0.1) is 0 Å². The van der Waals surface area contributed by atoms with E-state index in [2.05, 4.69) is 48.3 Å². The molecule has 0 atom stereocenters. The maximum Gasteiger partial charge on any atom is 0.161 e. The van der Waals surface area contributed by atoms with E-state index in [9.17, 15) is 0 Å². The largest absolute Gasteiger partial charge is 0.493 e. The van der Waals surface area contributed by atoms with Crippen molar-refractivity contribution in [3.05, 3.63) is 58.7 Å². The fourth-order valence-electron chi connectivity index (χ4n) is 3.50. The van der Waals surface area contributed by atoms with Crippen molar-refractivity contribution in [2.45, 2.75) is 25.7 Å². The Hall–Kier alpha value is -2.00. The summed E-state index contributed by atoms with van der Waals surface area (Å²) in [6, 6.07) is 13.1. The molecule has 0 aliphatic carbocycles. The summed E-state index contributed by atoms with van der Waals surface area (Å²) in [5.74, 6) is 1.65. The van der Waals surface area contributed by atoms with E-state index in [-0.39, 0.29) is 0 Å². The molecular formula is C21H27NO2. The Morgan fingerprint density at radius 2 is 1.46 bits per heavy atom. The van der Waals surface area contributed by atoms with Crippen molar-refractivity contribution in [2.24, 2.45) is 0 Å². The van der Waals surface area contributed by atoms with E-state index >= 15 is 0 Å². The lowest BCUT2D eigenvalue weighted by molar-refractivity contribution is 0.333. The van der Waals surface area contributed by atoms with Crippen LogP contribution in [0.25, 0.3) is 0 Å². The zero-order valence-electron chi connectivity index (χ0n) is 15.0. The molecule has 0 unspecified atom stereocenters. The zero-order chi connectivity index (χ0) is 16.9. The molecule has 3 nitrogen and oxygen atoms in total. The van der Waals surface area contributed by atoms with Crippen molar-refractivity contribution >= 4 is 0 Å². The van der Waals surface area contributed by atoms with Gasteiger partial charge in [-0.05, 0) is 73.7 Å². The molecule has 1 heterocycles. The van der Waals surface area contributed by atoms with Crippen LogP contribution >= 0.6 is 0 Å². The molecule has 3 heteroatoms. The van der Waals surface area contributed by atoms with Crippen molar-refractivity contribution in [2.75, 3.05) is 34.4 Å². The number of fused-ring (bicyclic) bond motifs is 2. The third-order valence-corrected chi connectivity index (χ3v) is 4.95. The first-order chi connectivity index (χ1) is 11.7. The van der Waals surface area contributed by atoms with Crippen LogP contribution in [0.5, 0.6) is 11.5 Å². The van der Waals surface area contributed by atoms with E-state index in [1.54, 1.807) is 14.2 Å². The van der Waals surface area contributed by atoms with Gasteiger partial charge in [0.1, 0.15) is 0 Å². The summed E-state index contributed by atoms with van der Waals surface area (Å²) in [7, 11) is 5.63. The van der Waals surface area contributed by atoms with Gasteiger partial charge >= 0.3 is 0 Å². The van der Waals surface area contributed by atoms with Gasteiger partial charge in [-0.2, -0.15) is 0 Å². The Morgan fingerprint density at radius 3 is 2.17 bits per heavy atom. The summed E-state index contributed by atoms with van der Waals surface area (Å²) in [5, 5.41) is 0. The number of hydrogen-bond acceptors (Lipinski definition) is 3. The molecule has 0 spiro atoms. The molecule has 1 aliphatic heterocycles. The normalized spacial score (nSPS) is 15.8. The van der Waals surface area contributed by atoms with Gasteiger partial charge in [0.2, 0.25) is 0 Å². The number of benzene rings is 2. The van der Waals surface area contributed by atoms with Gasteiger partial charge in [0.05, 0.1) is 14.2 Å². The monoisotopic (exact) mass is 325 g/mol. The minimum atomic E-state index is 0.820. The molecule has 0 saturated heterocycles. The molecule has 3 rings (SSSR count). The average Bonchev–Trinajstić information content (AvgIpc) is 2.63. The number of methoxy groups -OCH3 is 2. The van der Waals surface area contributed by atoms with Crippen molar-refractivity contribution in [3.8, 4) is 11.5 Å². The molecular weight excluding hydrogens is 298 g/mol. The number of ether oxygens (including phenoxy) is 2. The van der Waals surface area contributed by atoms with E-state index in [1.807, 2.05) is 0 Å². The van der Waals surface area contributed by atoms with Gasteiger partial charge in [-0.25, -0.2) is 0 Å². The topological polar surface area (TPSA) is 21.7 Å². The summed E-state index contributed by atoms with van der Waals surface area (Å²) in [6.07, 6.45) is 4.29.